The number of likely N-dealkylation sites (N-methyl/N-ethyl adjacent to an activating group) is 1. The van der Waals surface area contributed by atoms with Gasteiger partial charge in [0.1, 0.15) is 0 Å². The van der Waals surface area contributed by atoms with Crippen LogP contribution in [0.4, 0.5) is 0 Å². The Kier molecular flexibility index (Phi) is 12.2. The number of carbonyl (C=O) groups is 1. The van der Waals surface area contributed by atoms with Crippen molar-refractivity contribution >= 4 is 30.7 Å². The molecule has 1 heterocycles. The van der Waals surface area contributed by atoms with Crippen molar-refractivity contribution in [2.75, 3.05) is 33.2 Å². The van der Waals surface area contributed by atoms with Gasteiger partial charge >= 0.3 is 0 Å². The highest BCUT2D eigenvalue weighted by molar-refractivity contribution is 5.85. The molecule has 4 nitrogen and oxygen atoms in total. The van der Waals surface area contributed by atoms with Gasteiger partial charge in [0.05, 0.1) is 6.54 Å². The molecular weight excluding hydrogens is 273 g/mol. The zero-order valence-electron chi connectivity index (χ0n) is 11.6. The van der Waals surface area contributed by atoms with Gasteiger partial charge in [0.15, 0.2) is 0 Å². The summed E-state index contributed by atoms with van der Waals surface area (Å²) in [5, 5.41) is 5.94. The van der Waals surface area contributed by atoms with Crippen molar-refractivity contribution < 1.29 is 4.79 Å². The molecule has 0 aliphatic carbocycles. The van der Waals surface area contributed by atoms with Crippen molar-refractivity contribution in [2.45, 2.75) is 32.7 Å². The second kappa shape index (κ2) is 10.9. The Morgan fingerprint density at radius 3 is 2.28 bits per heavy atom. The van der Waals surface area contributed by atoms with E-state index in [9.17, 15) is 4.79 Å². The number of piperidine rings is 1. The zero-order valence-corrected chi connectivity index (χ0v) is 13.2. The van der Waals surface area contributed by atoms with Gasteiger partial charge in [-0.25, -0.2) is 0 Å². The first-order valence-corrected chi connectivity index (χ1v) is 6.28. The fourth-order valence-corrected chi connectivity index (χ4v) is 2.22. The van der Waals surface area contributed by atoms with Crippen molar-refractivity contribution in [3.05, 3.63) is 0 Å². The van der Waals surface area contributed by atoms with Crippen LogP contribution >= 0.6 is 24.8 Å². The standard InChI is InChI=1S/C12H25N3O.2ClH/c1-10(2)9-15-6-4-11(5-7-15)14-12(16)8-13-3;;/h10-11,13H,4-9H2,1-3H3,(H,14,16);2*1H. The first-order chi connectivity index (χ1) is 7.61. The third-order valence-electron chi connectivity index (χ3n) is 2.91. The summed E-state index contributed by atoms with van der Waals surface area (Å²) in [5.74, 6) is 0.847. The number of hydrogen-bond donors (Lipinski definition) is 2. The minimum absolute atomic E-state index is 0. The smallest absolute Gasteiger partial charge is 0.234 e. The lowest BCUT2D eigenvalue weighted by molar-refractivity contribution is -0.121. The normalized spacial score (nSPS) is 16.9. The number of nitrogens with one attached hydrogen (secondary N) is 2. The van der Waals surface area contributed by atoms with Crippen LogP contribution in [0.15, 0.2) is 0 Å². The lowest BCUT2D eigenvalue weighted by Crippen LogP contribution is -2.47. The van der Waals surface area contributed by atoms with Crippen LogP contribution in [0.1, 0.15) is 26.7 Å². The van der Waals surface area contributed by atoms with Crippen LogP contribution in [0.25, 0.3) is 0 Å². The van der Waals surface area contributed by atoms with E-state index in [2.05, 4.69) is 29.4 Å². The zero-order chi connectivity index (χ0) is 12.0. The van der Waals surface area contributed by atoms with Gasteiger partial charge in [0.2, 0.25) is 5.91 Å². The van der Waals surface area contributed by atoms with E-state index in [-0.39, 0.29) is 30.7 Å². The van der Waals surface area contributed by atoms with E-state index in [1.165, 1.54) is 6.54 Å². The molecule has 0 atom stereocenters. The highest BCUT2D eigenvalue weighted by Crippen LogP contribution is 2.11. The first-order valence-electron chi connectivity index (χ1n) is 6.28. The lowest BCUT2D eigenvalue weighted by atomic mass is 10.0. The molecule has 6 heteroatoms. The van der Waals surface area contributed by atoms with E-state index in [0.717, 1.165) is 31.8 Å². The molecule has 0 aromatic rings. The summed E-state index contributed by atoms with van der Waals surface area (Å²) >= 11 is 0. The van der Waals surface area contributed by atoms with E-state index in [1.807, 2.05) is 0 Å². The van der Waals surface area contributed by atoms with Gasteiger partial charge in [-0.2, -0.15) is 0 Å². The Morgan fingerprint density at radius 2 is 1.83 bits per heavy atom. The molecule has 110 valence electrons. The summed E-state index contributed by atoms with van der Waals surface area (Å²) in [4.78, 5) is 13.9. The molecule has 1 aliphatic rings. The molecule has 1 aliphatic heterocycles. The maximum Gasteiger partial charge on any atom is 0.234 e. The topological polar surface area (TPSA) is 44.4 Å². The Labute approximate surface area is 123 Å². The average Bonchev–Trinajstić information content (AvgIpc) is 2.20. The van der Waals surface area contributed by atoms with Gasteiger partial charge in [-0.05, 0) is 25.8 Å². The van der Waals surface area contributed by atoms with Crippen LogP contribution in [-0.2, 0) is 4.79 Å². The summed E-state index contributed by atoms with van der Waals surface area (Å²) < 4.78 is 0. The number of carbonyl (C=O) groups excluding carboxylic acids is 1. The number of amides is 1. The molecule has 1 rings (SSSR count). The van der Waals surface area contributed by atoms with Crippen LogP contribution in [0.5, 0.6) is 0 Å². The number of likely N-dealkylation sites (tertiary alicyclic amines) is 1. The van der Waals surface area contributed by atoms with E-state index in [1.54, 1.807) is 7.05 Å². The Morgan fingerprint density at radius 1 is 1.28 bits per heavy atom. The molecule has 1 amide bonds. The molecule has 0 radical (unpaired) electrons. The molecule has 1 saturated heterocycles. The van der Waals surface area contributed by atoms with E-state index < -0.39 is 0 Å². The minimum Gasteiger partial charge on any atom is -0.352 e. The summed E-state index contributed by atoms with van der Waals surface area (Å²) in [5.41, 5.74) is 0. The van der Waals surface area contributed by atoms with Crippen molar-refractivity contribution in [1.29, 1.82) is 0 Å². The number of rotatable bonds is 5. The third-order valence-corrected chi connectivity index (χ3v) is 2.91. The number of nitrogens with zero attached hydrogens (tertiary/aromatic N) is 1. The van der Waals surface area contributed by atoms with Gasteiger partial charge in [-0.3, -0.25) is 4.79 Å². The van der Waals surface area contributed by atoms with Gasteiger partial charge in [-0.15, -0.1) is 24.8 Å². The average molecular weight is 300 g/mol. The molecule has 0 aromatic carbocycles. The molecule has 0 spiro atoms. The van der Waals surface area contributed by atoms with Crippen LogP contribution in [0.2, 0.25) is 0 Å². The van der Waals surface area contributed by atoms with Gasteiger partial charge in [0, 0.05) is 25.7 Å². The summed E-state index contributed by atoms with van der Waals surface area (Å²) in [6.07, 6.45) is 2.17. The molecule has 2 N–H and O–H groups in total. The first kappa shape index (κ1) is 20.3. The van der Waals surface area contributed by atoms with E-state index in [0.29, 0.717) is 12.6 Å². The van der Waals surface area contributed by atoms with E-state index in [4.69, 9.17) is 0 Å². The second-order valence-corrected chi connectivity index (χ2v) is 5.07. The van der Waals surface area contributed by atoms with Gasteiger partial charge in [-0.1, -0.05) is 13.8 Å². The number of hydrogen-bond acceptors (Lipinski definition) is 3. The Bertz CT molecular complexity index is 219. The molecule has 0 unspecified atom stereocenters. The van der Waals surface area contributed by atoms with Crippen LogP contribution in [0, 0.1) is 5.92 Å². The quantitative estimate of drug-likeness (QED) is 0.804. The van der Waals surface area contributed by atoms with Crippen molar-refractivity contribution in [1.82, 2.24) is 15.5 Å². The van der Waals surface area contributed by atoms with Crippen LogP contribution in [-0.4, -0.2) is 50.1 Å². The van der Waals surface area contributed by atoms with Crippen LogP contribution < -0.4 is 10.6 Å². The van der Waals surface area contributed by atoms with Crippen molar-refractivity contribution in [3.8, 4) is 0 Å². The SMILES string of the molecule is CNCC(=O)NC1CCN(CC(C)C)CC1.Cl.Cl. The summed E-state index contributed by atoms with van der Waals surface area (Å²) in [6.45, 7) is 8.33. The van der Waals surface area contributed by atoms with Crippen molar-refractivity contribution in [2.24, 2.45) is 5.92 Å². The maximum absolute atomic E-state index is 11.4. The molecule has 18 heavy (non-hydrogen) atoms. The maximum atomic E-state index is 11.4. The van der Waals surface area contributed by atoms with Gasteiger partial charge < -0.3 is 15.5 Å². The highest BCUT2D eigenvalue weighted by Gasteiger charge is 2.20. The Hall–Kier alpha value is -0.0300. The fraction of sp³-hybridized carbons (Fsp3) is 0.917. The molecule has 0 saturated carbocycles. The van der Waals surface area contributed by atoms with Crippen molar-refractivity contribution in [3.63, 3.8) is 0 Å². The Balaban J connectivity index is 0. The second-order valence-electron chi connectivity index (χ2n) is 5.07. The minimum atomic E-state index is 0. The molecule has 1 fully saturated rings. The monoisotopic (exact) mass is 299 g/mol. The fourth-order valence-electron chi connectivity index (χ4n) is 2.22. The lowest BCUT2D eigenvalue weighted by Gasteiger charge is -2.33. The largest absolute Gasteiger partial charge is 0.352 e. The molecule has 0 bridgehead atoms. The van der Waals surface area contributed by atoms with Crippen LogP contribution in [0.3, 0.4) is 0 Å². The summed E-state index contributed by atoms with van der Waals surface area (Å²) in [7, 11) is 1.80. The third kappa shape index (κ3) is 8.14. The van der Waals surface area contributed by atoms with E-state index >= 15 is 0 Å². The predicted molar refractivity (Wildman–Crippen MR) is 80.9 cm³/mol. The molecule has 0 aromatic heterocycles. The highest BCUT2D eigenvalue weighted by atomic mass is 35.5. The van der Waals surface area contributed by atoms with Gasteiger partial charge in [0.25, 0.3) is 0 Å². The molecular formula is C12H27Cl2N3O. The summed E-state index contributed by atoms with van der Waals surface area (Å²) in [6, 6.07) is 0.379. The number of halogens is 2. The predicted octanol–water partition coefficient (Wildman–Crippen LogP) is 1.29.